The van der Waals surface area contributed by atoms with Crippen LogP contribution in [0.1, 0.15) is 24.1 Å². The summed E-state index contributed by atoms with van der Waals surface area (Å²) in [6.07, 6.45) is 4.87. The van der Waals surface area contributed by atoms with Gasteiger partial charge in [0, 0.05) is 54.9 Å². The van der Waals surface area contributed by atoms with Crippen LogP contribution in [0.15, 0.2) is 23.1 Å². The molecule has 0 spiro atoms. The van der Waals surface area contributed by atoms with E-state index in [0.29, 0.717) is 29.7 Å². The van der Waals surface area contributed by atoms with Crippen molar-refractivity contribution in [3.05, 3.63) is 39.9 Å². The number of sulfone groups is 1. The van der Waals surface area contributed by atoms with Crippen molar-refractivity contribution < 1.29 is 8.42 Å². The summed E-state index contributed by atoms with van der Waals surface area (Å²) in [5.74, 6) is 1.51. The number of hydrogen-bond donors (Lipinski definition) is 2. The number of aromatic nitrogens is 3. The van der Waals surface area contributed by atoms with Gasteiger partial charge >= 0.3 is 0 Å². The third-order valence-corrected chi connectivity index (χ3v) is 6.07. The van der Waals surface area contributed by atoms with Crippen molar-refractivity contribution in [1.29, 1.82) is 0 Å². The topological polar surface area (TPSA) is 108 Å². The zero-order valence-electron chi connectivity index (χ0n) is 16.5. The average Bonchev–Trinajstić information content (AvgIpc) is 2.65. The van der Waals surface area contributed by atoms with Crippen molar-refractivity contribution in [3.63, 3.8) is 0 Å². The number of hydrogen-bond acceptors (Lipinski definition) is 7. The van der Waals surface area contributed by atoms with Crippen molar-refractivity contribution in [1.82, 2.24) is 19.9 Å². The van der Waals surface area contributed by atoms with Crippen LogP contribution in [0.5, 0.6) is 0 Å². The molecule has 9 heteroatoms. The van der Waals surface area contributed by atoms with Gasteiger partial charge in [-0.05, 0) is 38.8 Å². The van der Waals surface area contributed by atoms with Crippen LogP contribution < -0.4 is 10.9 Å². The van der Waals surface area contributed by atoms with Gasteiger partial charge in [-0.15, -0.1) is 0 Å². The summed E-state index contributed by atoms with van der Waals surface area (Å²) in [5.41, 5.74) is 1.97. The van der Waals surface area contributed by atoms with Gasteiger partial charge in [-0.2, -0.15) is 0 Å². The molecule has 8 nitrogen and oxygen atoms in total. The van der Waals surface area contributed by atoms with E-state index in [4.69, 9.17) is 0 Å². The highest BCUT2D eigenvalue weighted by Crippen LogP contribution is 2.18. The van der Waals surface area contributed by atoms with Crippen molar-refractivity contribution in [2.75, 3.05) is 37.0 Å². The monoisotopic (exact) mass is 405 g/mol. The predicted octanol–water partition coefficient (Wildman–Crippen LogP) is 1.37. The fraction of sp³-hybridized carbons (Fsp3) is 0.526. The minimum atomic E-state index is -2.92. The van der Waals surface area contributed by atoms with Crippen molar-refractivity contribution in [3.8, 4) is 11.4 Å². The molecule has 152 valence electrons. The molecule has 0 unspecified atom stereocenters. The molecule has 3 rings (SSSR count). The molecular formula is C19H27N5O3S. The molecule has 3 heterocycles. The van der Waals surface area contributed by atoms with Crippen LogP contribution in [0.3, 0.4) is 0 Å². The lowest BCUT2D eigenvalue weighted by Crippen LogP contribution is -2.41. The molecule has 1 aliphatic rings. The van der Waals surface area contributed by atoms with Gasteiger partial charge in [0.1, 0.15) is 21.5 Å². The van der Waals surface area contributed by atoms with E-state index in [1.165, 1.54) is 6.26 Å². The number of piperidine rings is 1. The van der Waals surface area contributed by atoms with Gasteiger partial charge < -0.3 is 15.2 Å². The van der Waals surface area contributed by atoms with Gasteiger partial charge in [0.05, 0.1) is 5.75 Å². The van der Waals surface area contributed by atoms with Gasteiger partial charge in [0.25, 0.3) is 5.56 Å². The predicted molar refractivity (Wildman–Crippen MR) is 110 cm³/mol. The largest absolute Gasteiger partial charge is 0.367 e. The lowest BCUT2D eigenvalue weighted by atomic mass is 10.1. The molecule has 0 saturated carbocycles. The third-order valence-electron chi connectivity index (χ3n) is 5.15. The first kappa shape index (κ1) is 20.5. The van der Waals surface area contributed by atoms with E-state index >= 15 is 0 Å². The van der Waals surface area contributed by atoms with Gasteiger partial charge in [-0.1, -0.05) is 0 Å². The molecule has 2 aromatic rings. The number of aryl methyl sites for hydroxylation is 1. The second-order valence-electron chi connectivity index (χ2n) is 7.45. The highest BCUT2D eigenvalue weighted by Gasteiger charge is 2.20. The number of aromatic amines is 1. The number of nitrogens with one attached hydrogen (secondary N) is 2. The quantitative estimate of drug-likeness (QED) is 0.747. The standard InChI is InChI=1S/C19H27N5O3S/c1-13-14(2)21-18(23-19(13)25)15-4-5-17(20-12-15)22-16-6-8-24(9-7-16)10-11-28(3,26)27/h4-5,12,16H,6-11H2,1-3H3,(H,20,22)(H,21,23,25). The number of rotatable bonds is 6. The van der Waals surface area contributed by atoms with E-state index in [1.54, 1.807) is 13.1 Å². The van der Waals surface area contributed by atoms with Crippen LogP contribution in [0.4, 0.5) is 5.82 Å². The average molecular weight is 406 g/mol. The molecule has 0 atom stereocenters. The Balaban J connectivity index is 1.56. The second-order valence-corrected chi connectivity index (χ2v) is 9.71. The van der Waals surface area contributed by atoms with E-state index in [9.17, 15) is 13.2 Å². The number of pyridine rings is 1. The Hall–Kier alpha value is -2.26. The van der Waals surface area contributed by atoms with Gasteiger partial charge in [-0.25, -0.2) is 18.4 Å². The summed E-state index contributed by atoms with van der Waals surface area (Å²) in [7, 11) is -2.92. The maximum Gasteiger partial charge on any atom is 0.254 e. The first-order valence-electron chi connectivity index (χ1n) is 9.42. The Morgan fingerprint density at radius 3 is 2.54 bits per heavy atom. The first-order chi connectivity index (χ1) is 13.2. The van der Waals surface area contributed by atoms with Crippen LogP contribution in [0.2, 0.25) is 0 Å². The molecule has 1 aliphatic heterocycles. The second kappa shape index (κ2) is 8.40. The van der Waals surface area contributed by atoms with Gasteiger partial charge in [-0.3, -0.25) is 4.79 Å². The van der Waals surface area contributed by atoms with E-state index in [2.05, 4.69) is 25.2 Å². The number of H-pyrrole nitrogens is 1. The fourth-order valence-electron chi connectivity index (χ4n) is 3.21. The van der Waals surface area contributed by atoms with Crippen molar-refractivity contribution in [2.24, 2.45) is 0 Å². The molecule has 0 bridgehead atoms. The smallest absolute Gasteiger partial charge is 0.254 e. The number of likely N-dealkylation sites (tertiary alicyclic amines) is 1. The zero-order valence-corrected chi connectivity index (χ0v) is 17.3. The van der Waals surface area contributed by atoms with Gasteiger partial charge in [0.15, 0.2) is 0 Å². The van der Waals surface area contributed by atoms with Crippen LogP contribution in [-0.2, 0) is 9.84 Å². The minimum Gasteiger partial charge on any atom is -0.367 e. The van der Waals surface area contributed by atoms with Crippen LogP contribution >= 0.6 is 0 Å². The lowest BCUT2D eigenvalue weighted by Gasteiger charge is -2.32. The Morgan fingerprint density at radius 2 is 1.96 bits per heavy atom. The highest BCUT2D eigenvalue weighted by atomic mass is 32.2. The zero-order chi connectivity index (χ0) is 20.3. The molecule has 0 aliphatic carbocycles. The molecule has 1 fully saturated rings. The normalized spacial score (nSPS) is 16.2. The molecule has 28 heavy (non-hydrogen) atoms. The molecule has 0 amide bonds. The number of anilines is 1. The molecule has 2 aromatic heterocycles. The van der Waals surface area contributed by atoms with Crippen LogP contribution in [0.25, 0.3) is 11.4 Å². The Bertz CT molecular complexity index is 978. The van der Waals surface area contributed by atoms with Crippen molar-refractivity contribution >= 4 is 15.7 Å². The first-order valence-corrected chi connectivity index (χ1v) is 11.5. The fourth-order valence-corrected chi connectivity index (χ4v) is 3.80. The molecule has 1 saturated heterocycles. The van der Waals surface area contributed by atoms with E-state index in [1.807, 2.05) is 19.1 Å². The van der Waals surface area contributed by atoms with E-state index in [-0.39, 0.29) is 11.3 Å². The van der Waals surface area contributed by atoms with Crippen LogP contribution in [0, 0.1) is 13.8 Å². The third kappa shape index (κ3) is 5.39. The molecule has 0 radical (unpaired) electrons. The summed E-state index contributed by atoms with van der Waals surface area (Å²) >= 11 is 0. The summed E-state index contributed by atoms with van der Waals surface area (Å²) in [4.78, 5) is 25.8. The maximum atomic E-state index is 11.9. The van der Waals surface area contributed by atoms with E-state index < -0.39 is 9.84 Å². The Morgan fingerprint density at radius 1 is 1.25 bits per heavy atom. The maximum absolute atomic E-state index is 11.9. The van der Waals surface area contributed by atoms with Gasteiger partial charge in [0.2, 0.25) is 0 Å². The lowest BCUT2D eigenvalue weighted by molar-refractivity contribution is 0.230. The summed E-state index contributed by atoms with van der Waals surface area (Å²) in [6, 6.07) is 4.09. The summed E-state index contributed by atoms with van der Waals surface area (Å²) in [6.45, 7) is 5.92. The molecular weight excluding hydrogens is 378 g/mol. The van der Waals surface area contributed by atoms with Crippen LogP contribution in [-0.4, -0.2) is 66.0 Å². The minimum absolute atomic E-state index is 0.132. The number of nitrogens with zero attached hydrogens (tertiary/aromatic N) is 3. The van der Waals surface area contributed by atoms with E-state index in [0.717, 1.165) is 37.3 Å². The molecule has 0 aromatic carbocycles. The Labute approximate surface area is 165 Å². The summed E-state index contributed by atoms with van der Waals surface area (Å²) in [5, 5.41) is 3.44. The Kier molecular flexibility index (Phi) is 6.14. The highest BCUT2D eigenvalue weighted by molar-refractivity contribution is 7.90. The summed E-state index contributed by atoms with van der Waals surface area (Å²) < 4.78 is 22.6. The molecule has 2 N–H and O–H groups in total. The van der Waals surface area contributed by atoms with Crippen molar-refractivity contribution in [2.45, 2.75) is 32.7 Å². The SMILES string of the molecule is Cc1nc(-c2ccc(NC3CCN(CCS(C)(=O)=O)CC3)nc2)[nH]c(=O)c1C.